The molecule has 3 amide bonds. The number of nitrogens with two attached hydrogens (primary N) is 2. The predicted molar refractivity (Wildman–Crippen MR) is 78.4 cm³/mol. The quantitative estimate of drug-likeness (QED) is 0.625. The van der Waals surface area contributed by atoms with Crippen molar-refractivity contribution in [3.05, 3.63) is 29.3 Å². The van der Waals surface area contributed by atoms with Crippen LogP contribution in [-0.4, -0.2) is 29.2 Å². The Bertz CT molecular complexity index is 598. The van der Waals surface area contributed by atoms with E-state index in [1.807, 2.05) is 6.92 Å². The lowest BCUT2D eigenvalue weighted by Crippen LogP contribution is -2.36. The van der Waals surface area contributed by atoms with Crippen molar-refractivity contribution in [3.63, 3.8) is 0 Å². The van der Waals surface area contributed by atoms with Crippen LogP contribution in [0.4, 0.5) is 5.69 Å². The number of rotatable bonds is 5. The fourth-order valence-corrected chi connectivity index (χ4v) is 2.45. The maximum atomic E-state index is 12.2. The minimum Gasteiger partial charge on any atom is -0.398 e. The highest BCUT2D eigenvalue weighted by Crippen LogP contribution is 2.28. The van der Waals surface area contributed by atoms with Crippen LogP contribution in [0.1, 0.15) is 46.9 Å². The van der Waals surface area contributed by atoms with E-state index in [0.29, 0.717) is 17.9 Å². The van der Waals surface area contributed by atoms with Gasteiger partial charge in [0.05, 0.1) is 11.1 Å². The molecule has 0 spiro atoms. The molecule has 0 aliphatic carbocycles. The number of carbonyl (C=O) groups is 3. The summed E-state index contributed by atoms with van der Waals surface area (Å²) in [5.41, 5.74) is 11.7. The summed E-state index contributed by atoms with van der Waals surface area (Å²) in [5.74, 6) is -1.41. The summed E-state index contributed by atoms with van der Waals surface area (Å²) in [6.07, 6.45) is 1.55. The van der Waals surface area contributed by atoms with Gasteiger partial charge < -0.3 is 11.5 Å². The molecule has 1 aromatic rings. The van der Waals surface area contributed by atoms with E-state index in [1.54, 1.807) is 12.1 Å². The lowest BCUT2D eigenvalue weighted by molar-refractivity contribution is -0.126. The van der Waals surface area contributed by atoms with Gasteiger partial charge in [-0.2, -0.15) is 0 Å². The van der Waals surface area contributed by atoms with Gasteiger partial charge in [-0.25, -0.2) is 4.90 Å². The van der Waals surface area contributed by atoms with E-state index in [1.165, 1.54) is 6.07 Å². The fourth-order valence-electron chi connectivity index (χ4n) is 2.45. The van der Waals surface area contributed by atoms with Gasteiger partial charge in [-0.05, 0) is 37.4 Å². The summed E-state index contributed by atoms with van der Waals surface area (Å²) in [6, 6.07) is 4.65. The summed E-state index contributed by atoms with van der Waals surface area (Å²) in [7, 11) is 0. The second-order valence-electron chi connectivity index (χ2n) is 5.33. The van der Waals surface area contributed by atoms with Crippen LogP contribution in [0.25, 0.3) is 0 Å². The number of carbonyl (C=O) groups excluding carboxylic acids is 3. The summed E-state index contributed by atoms with van der Waals surface area (Å²) >= 11 is 0. The highest BCUT2D eigenvalue weighted by Gasteiger charge is 2.40. The van der Waals surface area contributed by atoms with Gasteiger partial charge >= 0.3 is 0 Å². The van der Waals surface area contributed by atoms with E-state index in [-0.39, 0.29) is 29.2 Å². The molecule has 0 radical (unpaired) electrons. The molecule has 4 N–H and O–H groups in total. The van der Waals surface area contributed by atoms with Gasteiger partial charge in [0.25, 0.3) is 11.8 Å². The van der Waals surface area contributed by atoms with Gasteiger partial charge in [-0.1, -0.05) is 13.0 Å². The average molecular weight is 289 g/mol. The summed E-state index contributed by atoms with van der Waals surface area (Å²) in [6.45, 7) is 2.54. The largest absolute Gasteiger partial charge is 0.398 e. The minimum atomic E-state index is -0.621. The highest BCUT2D eigenvalue weighted by molar-refractivity contribution is 6.30. The number of amides is 3. The van der Waals surface area contributed by atoms with Crippen molar-refractivity contribution in [1.29, 1.82) is 0 Å². The zero-order valence-electron chi connectivity index (χ0n) is 12.0. The van der Waals surface area contributed by atoms with Gasteiger partial charge in [0, 0.05) is 12.1 Å². The van der Waals surface area contributed by atoms with Crippen LogP contribution < -0.4 is 11.5 Å². The third-order valence-corrected chi connectivity index (χ3v) is 3.71. The molecular weight excluding hydrogens is 270 g/mol. The van der Waals surface area contributed by atoms with Gasteiger partial charge in [0.1, 0.15) is 0 Å². The van der Waals surface area contributed by atoms with Crippen molar-refractivity contribution in [2.45, 2.75) is 26.2 Å². The molecule has 0 aromatic heterocycles. The van der Waals surface area contributed by atoms with E-state index in [0.717, 1.165) is 6.42 Å². The minimum absolute atomic E-state index is 0.130. The van der Waals surface area contributed by atoms with Gasteiger partial charge in [-0.3, -0.25) is 14.4 Å². The Hall–Kier alpha value is -2.21. The molecule has 1 atom stereocenters. The van der Waals surface area contributed by atoms with Crippen LogP contribution >= 0.6 is 0 Å². The number of nitrogens with zero attached hydrogens (tertiary/aromatic N) is 1. The smallest absolute Gasteiger partial charge is 0.270 e. The molecule has 0 saturated heterocycles. The third kappa shape index (κ3) is 2.80. The van der Waals surface area contributed by atoms with E-state index >= 15 is 0 Å². The Labute approximate surface area is 123 Å². The maximum absolute atomic E-state index is 12.2. The first-order valence-corrected chi connectivity index (χ1v) is 6.97. The topological polar surface area (TPSA) is 106 Å². The van der Waals surface area contributed by atoms with E-state index in [2.05, 4.69) is 0 Å². The molecule has 6 nitrogen and oxygen atoms in total. The number of nitrogen functional groups attached to an aromatic ring is 1. The van der Waals surface area contributed by atoms with E-state index in [9.17, 15) is 14.4 Å². The molecule has 2 rings (SSSR count). The van der Waals surface area contributed by atoms with Gasteiger partial charge in [0.2, 0.25) is 5.91 Å². The Morgan fingerprint density at radius 1 is 1.24 bits per heavy atom. The second-order valence-corrected chi connectivity index (χ2v) is 5.33. The van der Waals surface area contributed by atoms with Crippen molar-refractivity contribution < 1.29 is 14.4 Å². The van der Waals surface area contributed by atoms with Crippen molar-refractivity contribution in [2.24, 2.45) is 11.7 Å². The van der Waals surface area contributed by atoms with Crippen molar-refractivity contribution in [1.82, 2.24) is 4.90 Å². The molecular formula is C15H19N3O3. The van der Waals surface area contributed by atoms with Crippen LogP contribution in [-0.2, 0) is 4.79 Å². The lowest BCUT2D eigenvalue weighted by Gasteiger charge is -2.14. The predicted octanol–water partition coefficient (Wildman–Crippen LogP) is 1.16. The zero-order valence-corrected chi connectivity index (χ0v) is 12.0. The maximum Gasteiger partial charge on any atom is 0.270 e. The van der Waals surface area contributed by atoms with Crippen LogP contribution in [0.5, 0.6) is 0 Å². The lowest BCUT2D eigenvalue weighted by atomic mass is 10.0. The molecule has 1 unspecified atom stereocenters. The molecule has 0 fully saturated rings. The van der Waals surface area contributed by atoms with Crippen LogP contribution in [0.2, 0.25) is 0 Å². The van der Waals surface area contributed by atoms with E-state index in [4.69, 9.17) is 11.5 Å². The Morgan fingerprint density at radius 2 is 1.95 bits per heavy atom. The summed E-state index contributed by atoms with van der Waals surface area (Å²) in [5, 5.41) is 0. The molecule has 21 heavy (non-hydrogen) atoms. The fraction of sp³-hybridized carbons (Fsp3) is 0.400. The van der Waals surface area contributed by atoms with Crippen molar-refractivity contribution in [3.8, 4) is 0 Å². The number of fused-ring (bicyclic) bond motifs is 1. The number of anilines is 1. The highest BCUT2D eigenvalue weighted by atomic mass is 16.2. The number of hydrogen-bond donors (Lipinski definition) is 2. The number of benzene rings is 1. The Balaban J connectivity index is 2.13. The monoisotopic (exact) mass is 289 g/mol. The molecule has 0 bridgehead atoms. The second kappa shape index (κ2) is 6.05. The standard InChI is InChI=1S/C15H19N3O3/c1-9(7-8-16)5-6-12(19)18-14(20)10-3-2-4-11(17)13(10)15(18)21/h2-4,9H,5-8,16-17H2,1H3. The first-order chi connectivity index (χ1) is 9.97. The van der Waals surface area contributed by atoms with Crippen molar-refractivity contribution in [2.75, 3.05) is 12.3 Å². The van der Waals surface area contributed by atoms with Crippen LogP contribution in [0.3, 0.4) is 0 Å². The molecule has 0 saturated carbocycles. The van der Waals surface area contributed by atoms with Gasteiger partial charge in [-0.15, -0.1) is 0 Å². The number of imide groups is 3. The molecule has 1 aliphatic heterocycles. The first-order valence-electron chi connectivity index (χ1n) is 6.97. The first kappa shape index (κ1) is 15.2. The molecule has 112 valence electrons. The van der Waals surface area contributed by atoms with Crippen molar-refractivity contribution >= 4 is 23.4 Å². The average Bonchev–Trinajstić information content (AvgIpc) is 2.70. The Kier molecular flexibility index (Phi) is 4.37. The van der Waals surface area contributed by atoms with E-state index < -0.39 is 17.7 Å². The SMILES string of the molecule is CC(CCN)CCC(=O)N1C(=O)c2cccc(N)c2C1=O. The Morgan fingerprint density at radius 3 is 2.57 bits per heavy atom. The molecule has 6 heteroatoms. The zero-order chi connectivity index (χ0) is 15.6. The summed E-state index contributed by atoms with van der Waals surface area (Å²) in [4.78, 5) is 37.3. The normalized spacial score (nSPS) is 15.2. The molecule has 1 aromatic carbocycles. The van der Waals surface area contributed by atoms with Crippen LogP contribution in [0, 0.1) is 5.92 Å². The molecule has 1 aliphatic rings. The van der Waals surface area contributed by atoms with Crippen LogP contribution in [0.15, 0.2) is 18.2 Å². The van der Waals surface area contributed by atoms with Gasteiger partial charge in [0.15, 0.2) is 0 Å². The molecule has 1 heterocycles. The summed E-state index contributed by atoms with van der Waals surface area (Å²) < 4.78 is 0. The third-order valence-electron chi connectivity index (χ3n) is 3.71. The number of hydrogen-bond acceptors (Lipinski definition) is 5.